The van der Waals surface area contributed by atoms with Crippen molar-refractivity contribution in [3.63, 3.8) is 0 Å². The van der Waals surface area contributed by atoms with Crippen molar-refractivity contribution in [2.24, 2.45) is 0 Å². The molecule has 0 radical (unpaired) electrons. The van der Waals surface area contributed by atoms with E-state index in [2.05, 4.69) is 4.98 Å². The third-order valence-electron chi connectivity index (χ3n) is 4.01. The fourth-order valence-electron chi connectivity index (χ4n) is 2.72. The number of carbonyl (C=O) groups is 1. The molecule has 2 aromatic carbocycles. The monoisotopic (exact) mass is 341 g/mol. The smallest absolute Gasteiger partial charge is 0.344 e. The van der Waals surface area contributed by atoms with Gasteiger partial charge in [0.05, 0.1) is 5.39 Å². The summed E-state index contributed by atoms with van der Waals surface area (Å²) in [5.41, 5.74) is 1.99. The number of pyridine rings is 1. The van der Waals surface area contributed by atoms with Crippen molar-refractivity contribution in [2.45, 2.75) is 20.0 Å². The predicted octanol–water partition coefficient (Wildman–Crippen LogP) is 3.49. The first-order chi connectivity index (χ1) is 11.9. The van der Waals surface area contributed by atoms with Crippen LogP contribution in [0.15, 0.2) is 47.4 Å². The number of carboxylic acid groups (broad SMARTS) is 1. The van der Waals surface area contributed by atoms with Crippen molar-refractivity contribution in [3.05, 3.63) is 64.3 Å². The van der Waals surface area contributed by atoms with E-state index in [0.29, 0.717) is 16.5 Å². The van der Waals surface area contributed by atoms with Crippen LogP contribution in [-0.2, 0) is 4.79 Å². The van der Waals surface area contributed by atoms with Gasteiger partial charge in [0.15, 0.2) is 6.10 Å². The highest BCUT2D eigenvalue weighted by molar-refractivity contribution is 5.97. The maximum Gasteiger partial charge on any atom is 0.344 e. The Balaban J connectivity index is 2.15. The minimum Gasteiger partial charge on any atom is -0.479 e. The van der Waals surface area contributed by atoms with Crippen LogP contribution in [0.1, 0.15) is 12.5 Å². The van der Waals surface area contributed by atoms with Gasteiger partial charge in [-0.2, -0.15) is 0 Å². The first-order valence-corrected chi connectivity index (χ1v) is 7.68. The molecule has 3 aromatic rings. The summed E-state index contributed by atoms with van der Waals surface area (Å²) in [5, 5.41) is 9.98. The fourth-order valence-corrected chi connectivity index (χ4v) is 2.72. The summed E-state index contributed by atoms with van der Waals surface area (Å²) in [6.45, 7) is 3.20. The van der Waals surface area contributed by atoms with E-state index in [0.717, 1.165) is 16.7 Å². The Morgan fingerprint density at radius 1 is 1.16 bits per heavy atom. The van der Waals surface area contributed by atoms with E-state index < -0.39 is 12.1 Å². The number of aromatic amines is 1. The van der Waals surface area contributed by atoms with Gasteiger partial charge in [0.2, 0.25) is 0 Å². The molecule has 5 nitrogen and oxygen atoms in total. The number of ether oxygens (including phenoxy) is 1. The normalized spacial score (nSPS) is 12.1. The molecule has 0 aliphatic carbocycles. The summed E-state index contributed by atoms with van der Waals surface area (Å²) < 4.78 is 18.7. The second-order valence-electron chi connectivity index (χ2n) is 5.80. The van der Waals surface area contributed by atoms with Crippen LogP contribution in [-0.4, -0.2) is 22.2 Å². The lowest BCUT2D eigenvalue weighted by Gasteiger charge is -2.13. The highest BCUT2D eigenvalue weighted by Crippen LogP contribution is 2.31. The molecule has 0 fully saturated rings. The zero-order chi connectivity index (χ0) is 18.1. The van der Waals surface area contributed by atoms with E-state index >= 15 is 0 Å². The quantitative estimate of drug-likeness (QED) is 0.761. The first kappa shape index (κ1) is 16.7. The molecule has 0 aliphatic rings. The van der Waals surface area contributed by atoms with Crippen LogP contribution >= 0.6 is 0 Å². The Bertz CT molecular complexity index is 1030. The van der Waals surface area contributed by atoms with Crippen LogP contribution in [0.5, 0.6) is 5.75 Å². The molecule has 0 amide bonds. The molecule has 0 saturated carbocycles. The number of aliphatic carboxylic acids is 1. The summed E-state index contributed by atoms with van der Waals surface area (Å²) in [7, 11) is 0. The van der Waals surface area contributed by atoms with Crippen LogP contribution < -0.4 is 10.3 Å². The Hall–Kier alpha value is -3.15. The van der Waals surface area contributed by atoms with Gasteiger partial charge in [-0.05, 0) is 60.7 Å². The first-order valence-electron chi connectivity index (χ1n) is 7.68. The molecule has 0 spiro atoms. The molecule has 6 heteroatoms. The molecule has 0 saturated heterocycles. The number of hydrogen-bond donors (Lipinski definition) is 2. The van der Waals surface area contributed by atoms with E-state index in [1.54, 1.807) is 31.3 Å². The van der Waals surface area contributed by atoms with Crippen LogP contribution in [0.25, 0.3) is 21.9 Å². The molecule has 2 N–H and O–H groups in total. The third-order valence-corrected chi connectivity index (χ3v) is 4.01. The molecule has 0 bridgehead atoms. The lowest BCUT2D eigenvalue weighted by Crippen LogP contribution is -2.22. The van der Waals surface area contributed by atoms with Gasteiger partial charge in [-0.1, -0.05) is 6.07 Å². The van der Waals surface area contributed by atoms with Gasteiger partial charge in [-0.15, -0.1) is 0 Å². The van der Waals surface area contributed by atoms with Crippen molar-refractivity contribution in [3.8, 4) is 16.9 Å². The number of benzene rings is 2. The molecule has 128 valence electrons. The van der Waals surface area contributed by atoms with Gasteiger partial charge in [-0.25, -0.2) is 9.18 Å². The van der Waals surface area contributed by atoms with Gasteiger partial charge in [0.25, 0.3) is 5.56 Å². The van der Waals surface area contributed by atoms with Gasteiger partial charge < -0.3 is 14.8 Å². The number of H-pyrrole nitrogens is 1. The maximum atomic E-state index is 13.4. The van der Waals surface area contributed by atoms with Crippen molar-refractivity contribution in [1.29, 1.82) is 0 Å². The van der Waals surface area contributed by atoms with Crippen LogP contribution in [0.4, 0.5) is 4.39 Å². The number of nitrogens with one attached hydrogen (secondary N) is 1. The molecule has 1 aromatic heterocycles. The van der Waals surface area contributed by atoms with Gasteiger partial charge in [0, 0.05) is 11.8 Å². The number of aryl methyl sites for hydroxylation is 1. The minimum atomic E-state index is -1.09. The topological polar surface area (TPSA) is 79.4 Å². The average molecular weight is 341 g/mol. The second kappa shape index (κ2) is 6.39. The largest absolute Gasteiger partial charge is 0.479 e. The SMILES string of the molecule is Cc1cc(F)ccc1-c1c[nH]c(=O)c2cc(O[C@H](C)C(=O)O)ccc12. The van der Waals surface area contributed by atoms with Crippen LogP contribution in [0.3, 0.4) is 0 Å². The van der Waals surface area contributed by atoms with E-state index in [9.17, 15) is 14.0 Å². The Morgan fingerprint density at radius 2 is 1.92 bits per heavy atom. The van der Waals surface area contributed by atoms with E-state index in [1.807, 2.05) is 0 Å². The second-order valence-corrected chi connectivity index (χ2v) is 5.80. The van der Waals surface area contributed by atoms with Crippen molar-refractivity contribution >= 4 is 16.7 Å². The maximum absolute atomic E-state index is 13.4. The van der Waals surface area contributed by atoms with Crippen molar-refractivity contribution in [1.82, 2.24) is 4.98 Å². The number of aromatic nitrogens is 1. The summed E-state index contributed by atoms with van der Waals surface area (Å²) in [4.78, 5) is 25.8. The molecule has 1 heterocycles. The fraction of sp³-hybridized carbons (Fsp3) is 0.158. The van der Waals surface area contributed by atoms with Crippen LogP contribution in [0, 0.1) is 12.7 Å². The number of hydrogen-bond acceptors (Lipinski definition) is 3. The minimum absolute atomic E-state index is 0.292. The highest BCUT2D eigenvalue weighted by atomic mass is 19.1. The number of rotatable bonds is 4. The standard InChI is InChI=1S/C19H16FNO4/c1-10-7-12(20)3-5-14(10)17-9-21-18(22)16-8-13(4-6-15(16)17)25-11(2)19(23)24/h3-9,11H,1-2H3,(H,21,22)(H,23,24)/t11-/m1/s1. The number of halogens is 1. The zero-order valence-corrected chi connectivity index (χ0v) is 13.7. The summed E-state index contributed by atoms with van der Waals surface area (Å²) in [6.07, 6.45) is 0.560. The van der Waals surface area contributed by atoms with E-state index in [-0.39, 0.29) is 11.4 Å². The molecule has 0 unspecified atom stereocenters. The molecular weight excluding hydrogens is 325 g/mol. The molecule has 0 aliphatic heterocycles. The zero-order valence-electron chi connectivity index (χ0n) is 13.7. The highest BCUT2D eigenvalue weighted by Gasteiger charge is 2.15. The number of fused-ring (bicyclic) bond motifs is 1. The van der Waals surface area contributed by atoms with Gasteiger partial charge in [0.1, 0.15) is 11.6 Å². The van der Waals surface area contributed by atoms with Crippen molar-refractivity contribution in [2.75, 3.05) is 0 Å². The predicted molar refractivity (Wildman–Crippen MR) is 92.4 cm³/mol. The molecule has 3 rings (SSSR count). The van der Waals surface area contributed by atoms with E-state index in [4.69, 9.17) is 9.84 Å². The summed E-state index contributed by atoms with van der Waals surface area (Å²) >= 11 is 0. The molecule has 25 heavy (non-hydrogen) atoms. The van der Waals surface area contributed by atoms with Gasteiger partial charge in [-0.3, -0.25) is 4.79 Å². The van der Waals surface area contributed by atoms with E-state index in [1.165, 1.54) is 25.1 Å². The Labute approximate surface area is 142 Å². The Morgan fingerprint density at radius 3 is 2.60 bits per heavy atom. The lowest BCUT2D eigenvalue weighted by atomic mass is 9.97. The van der Waals surface area contributed by atoms with Crippen LogP contribution in [0.2, 0.25) is 0 Å². The third kappa shape index (κ3) is 3.24. The van der Waals surface area contributed by atoms with Gasteiger partial charge >= 0.3 is 5.97 Å². The molecule has 1 atom stereocenters. The lowest BCUT2D eigenvalue weighted by molar-refractivity contribution is -0.144. The summed E-state index contributed by atoms with van der Waals surface area (Å²) in [5.74, 6) is -1.13. The Kier molecular flexibility index (Phi) is 4.27. The average Bonchev–Trinajstić information content (AvgIpc) is 2.56. The van der Waals surface area contributed by atoms with Crippen molar-refractivity contribution < 1.29 is 19.0 Å². The summed E-state index contributed by atoms with van der Waals surface area (Å²) in [6, 6.07) is 9.28. The molecular formula is C19H16FNO4. The number of carboxylic acids is 1.